The van der Waals surface area contributed by atoms with Gasteiger partial charge >= 0.3 is 5.97 Å². The molecule has 21 aliphatic heterocycles. The molecule has 1 aromatic rings. The van der Waals surface area contributed by atoms with Crippen LogP contribution in [0.25, 0.3) is 0 Å². The summed E-state index contributed by atoms with van der Waals surface area (Å²) in [4.78, 5) is 29.2. The fourth-order valence-electron chi connectivity index (χ4n) is 12.1. The van der Waals surface area contributed by atoms with Crippen LogP contribution in [0.1, 0.15) is 12.1 Å². The minimum Gasteiger partial charge on any atom is -0.480 e. The number of aryl methyl sites for hydroxylation is 1. The molecule has 21 saturated heterocycles. The highest BCUT2D eigenvalue weighted by Crippen LogP contribution is 2.39. The first kappa shape index (κ1) is 74.0. The van der Waals surface area contributed by atoms with E-state index in [9.17, 15) is 117 Å². The lowest BCUT2D eigenvalue weighted by atomic mass is 9.95. The Labute approximate surface area is 526 Å². The summed E-state index contributed by atoms with van der Waals surface area (Å²) in [7, 11) is 1.62. The van der Waals surface area contributed by atoms with Crippen LogP contribution < -0.4 is 10.6 Å². The van der Waals surface area contributed by atoms with E-state index < -0.39 is 285 Å². The molecule has 22 heterocycles. The van der Waals surface area contributed by atoms with Crippen LogP contribution in [0.3, 0.4) is 0 Å². The summed E-state index contributed by atoms with van der Waals surface area (Å²) in [6, 6.07) is -1.40. The van der Waals surface area contributed by atoms with Crippen molar-refractivity contribution in [2.24, 2.45) is 7.05 Å². The summed E-state index contributed by atoms with van der Waals surface area (Å²) in [6.07, 6.45) is -69.4. The van der Waals surface area contributed by atoms with Crippen LogP contribution in [0.2, 0.25) is 0 Å². The van der Waals surface area contributed by atoms with E-state index in [0.717, 1.165) is 0 Å². The average molecular weight is 1360 g/mol. The molecule has 23 N–H and O–H groups in total. The largest absolute Gasteiger partial charge is 0.480 e. The van der Waals surface area contributed by atoms with Gasteiger partial charge in [-0.25, -0.2) is 9.78 Å². The Kier molecular flexibility index (Phi) is 25.6. The number of carbonyl (C=O) groups is 2. The lowest BCUT2D eigenvalue weighted by molar-refractivity contribution is -0.396. The van der Waals surface area contributed by atoms with Crippen molar-refractivity contribution in [3.63, 3.8) is 0 Å². The van der Waals surface area contributed by atoms with E-state index in [4.69, 9.17) is 66.3 Å². The molecular formula is C52H84N4O37. The van der Waals surface area contributed by atoms with Crippen molar-refractivity contribution in [1.29, 1.82) is 0 Å². The number of ether oxygens (including phenoxy) is 14. The first-order valence-corrected chi connectivity index (χ1v) is 29.8. The zero-order valence-corrected chi connectivity index (χ0v) is 49.3. The minimum absolute atomic E-state index is 0.146. The Morgan fingerprint density at radius 1 is 0.409 bits per heavy atom. The lowest BCUT2D eigenvalue weighted by Gasteiger charge is -2.50. The molecule has 21 fully saturated rings. The number of imidazole rings is 1. The molecule has 0 radical (unpaired) electrons. The summed E-state index contributed by atoms with van der Waals surface area (Å²) in [5.74, 6) is -2.13. The van der Waals surface area contributed by atoms with E-state index in [0.29, 0.717) is 5.69 Å². The quantitative estimate of drug-likeness (QED) is 0.0725. The molecule has 41 nitrogen and oxygen atoms in total. The molecule has 0 aliphatic carbocycles. The molecule has 1 unspecified atom stereocenters. The second kappa shape index (κ2) is 32.2. The number of hydrogen-bond donors (Lipinski definition) is 23. The van der Waals surface area contributed by atoms with Gasteiger partial charge in [-0.3, -0.25) is 4.79 Å². The first-order chi connectivity index (χ1) is 44.3. The molecule has 0 saturated carbocycles. The van der Waals surface area contributed by atoms with Crippen molar-refractivity contribution in [1.82, 2.24) is 20.2 Å². The standard InChI is InChI=1S/C52H84N4O37/c1-56-13-54-5-14(56)4-15(45(78)79)55-23(63)2-3-53-6-16-38-24(64)31(71)46(80-16)88-39-17(7-57)82-48(33(73)26(39)66)90-41-19(9-59)84-50(35(75)28(41)68)92-43-21(11-61)86-52(37(77)30(43)70)93-44-22(12-62)85-51(36(76)29(44)69)91-42-20(10-60)83-49(34(74)27(42)67)89-40-18(8-58)81-47(87-38)32(72)25(40)65/h5,13,15-22,24-44,46-53,57-62,64-77H,2-4,6-12H2,1H3,(H,55,63)(H,78,79)/t15?,16-,17-,18-,19-,20-,21-,22-,24-,25-,26-,27-,28-,29-,30-,31-,32-,33-,34-,35-,36-,37-,38-,39-,40-,41-,42-,43-,44-,46-,47-,48-,49-,50-,51-,52-/m1/s1. The maximum atomic E-state index is 13.1. The Balaban J connectivity index is 0.989. The molecule has 21 aliphatic rings. The third-order valence-corrected chi connectivity index (χ3v) is 17.4. The van der Waals surface area contributed by atoms with Gasteiger partial charge < -0.3 is 189 Å². The van der Waals surface area contributed by atoms with Gasteiger partial charge in [-0.15, -0.1) is 0 Å². The van der Waals surface area contributed by atoms with Crippen LogP contribution in [0.15, 0.2) is 12.5 Å². The van der Waals surface area contributed by atoms with Gasteiger partial charge in [-0.1, -0.05) is 0 Å². The highest BCUT2D eigenvalue weighted by molar-refractivity contribution is 5.83. The van der Waals surface area contributed by atoms with Crippen molar-refractivity contribution in [3.05, 3.63) is 18.2 Å². The molecule has 0 spiro atoms. The second-order valence-electron chi connectivity index (χ2n) is 23.6. The van der Waals surface area contributed by atoms with E-state index >= 15 is 0 Å². The fraction of sp³-hybridized carbons (Fsp3) is 0.904. The molecule has 534 valence electrons. The SMILES string of the molecule is Cn1cncc1CC(NC(=O)CCNC[C@H]1O[C@@H]2O[C@H]3[C@H](O)[C@@H](O)[C@@H](O[C@H]4[C@H](O)[C@@H](O)[C@@H](O[C@H]5[C@H](O)[C@@H](O)[C@@H](O[C@H]6[C@H](O)[C@@H](O)[C@@H](O[C@H]7[C@H](O)[C@@H](O)[C@@H](O[C@H]8[C@H](O)[C@@H](O)[C@@H](O[C@H]1[C@H](O)[C@H]2O)O[C@@H]8CO)O[C@@H]7CO)O[C@@H]6CO)O[C@@H]5CO)O[C@@H]4CO)O[C@@H]3CO)C(=O)O. The molecule has 1 aromatic heterocycles. The number of nitrogens with zero attached hydrogens (tertiary/aromatic N) is 2. The van der Waals surface area contributed by atoms with Crippen LogP contribution in [0, 0.1) is 0 Å². The van der Waals surface area contributed by atoms with Crippen molar-refractivity contribution in [2.45, 2.75) is 234 Å². The Bertz CT molecular complexity index is 2500. The van der Waals surface area contributed by atoms with Gasteiger partial charge in [0, 0.05) is 44.9 Å². The van der Waals surface area contributed by atoms with E-state index in [1.807, 2.05) is 0 Å². The van der Waals surface area contributed by atoms with Crippen molar-refractivity contribution in [2.75, 3.05) is 52.7 Å². The molecule has 22 rings (SSSR count). The van der Waals surface area contributed by atoms with Gasteiger partial charge in [0.1, 0.15) is 177 Å². The normalized spacial score (nSPS) is 48.1. The summed E-state index contributed by atoms with van der Waals surface area (Å²) in [6.45, 7) is -7.27. The topological polar surface area (TPSA) is 630 Å². The molecular weight excluding hydrogens is 1270 g/mol. The van der Waals surface area contributed by atoms with E-state index in [1.54, 1.807) is 11.6 Å². The van der Waals surface area contributed by atoms with Gasteiger partial charge in [0.05, 0.1) is 46.0 Å². The smallest absolute Gasteiger partial charge is 0.326 e. The van der Waals surface area contributed by atoms with Crippen LogP contribution in [0.5, 0.6) is 0 Å². The van der Waals surface area contributed by atoms with Crippen LogP contribution in [0.4, 0.5) is 0 Å². The maximum Gasteiger partial charge on any atom is 0.326 e. The highest BCUT2D eigenvalue weighted by atomic mass is 16.8. The van der Waals surface area contributed by atoms with Gasteiger partial charge in [-0.2, -0.15) is 0 Å². The first-order valence-electron chi connectivity index (χ1n) is 29.8. The number of carbonyl (C=O) groups excluding carboxylic acids is 1. The van der Waals surface area contributed by atoms with Gasteiger partial charge in [0.15, 0.2) is 44.0 Å². The zero-order valence-electron chi connectivity index (χ0n) is 49.3. The Morgan fingerprint density at radius 3 is 0.882 bits per heavy atom. The summed E-state index contributed by atoms with van der Waals surface area (Å²) in [5.41, 5.74) is 0.478. The monoisotopic (exact) mass is 1360 g/mol. The minimum atomic E-state index is -2.28. The number of aromatic nitrogens is 2. The Hall–Kier alpha value is -3.25. The number of nitrogens with one attached hydrogen (secondary N) is 2. The molecule has 14 bridgehead atoms. The maximum absolute atomic E-state index is 13.1. The number of hydrogen-bond acceptors (Lipinski definition) is 38. The van der Waals surface area contributed by atoms with Crippen molar-refractivity contribution in [3.8, 4) is 0 Å². The Morgan fingerprint density at radius 2 is 0.656 bits per heavy atom. The van der Waals surface area contributed by atoms with Crippen molar-refractivity contribution >= 4 is 11.9 Å². The third-order valence-electron chi connectivity index (χ3n) is 17.4. The number of rotatable bonds is 15. The highest BCUT2D eigenvalue weighted by Gasteiger charge is 2.59. The second-order valence-corrected chi connectivity index (χ2v) is 23.6. The molecule has 36 atom stereocenters. The molecule has 0 aromatic carbocycles. The molecule has 1 amide bonds. The number of carboxylic acids is 1. The number of aliphatic carboxylic acids is 1. The lowest BCUT2D eigenvalue weighted by Crippen LogP contribution is -2.68. The van der Waals surface area contributed by atoms with Crippen LogP contribution >= 0.6 is 0 Å². The predicted octanol–water partition coefficient (Wildman–Crippen LogP) is -15.7. The number of amides is 1. The third kappa shape index (κ3) is 15.8. The van der Waals surface area contributed by atoms with Gasteiger partial charge in [-0.05, 0) is 0 Å². The van der Waals surface area contributed by atoms with Crippen molar-refractivity contribution < 1.29 is 183 Å². The van der Waals surface area contributed by atoms with Crippen LogP contribution in [-0.4, -0.2) is 402 Å². The van der Waals surface area contributed by atoms with Gasteiger partial charge in [0.25, 0.3) is 0 Å². The van der Waals surface area contributed by atoms with Crippen LogP contribution in [-0.2, 0) is 89.4 Å². The zero-order chi connectivity index (χ0) is 67.6. The molecule has 93 heavy (non-hydrogen) atoms. The molecule has 41 heteroatoms. The number of carboxylic acid groups (broad SMARTS) is 1. The summed E-state index contributed by atoms with van der Waals surface area (Å²) >= 11 is 0. The van der Waals surface area contributed by atoms with Gasteiger partial charge in [0.2, 0.25) is 5.91 Å². The van der Waals surface area contributed by atoms with E-state index in [2.05, 4.69) is 15.6 Å². The average Bonchev–Trinajstić information content (AvgIpc) is 1.14. The predicted molar refractivity (Wildman–Crippen MR) is 285 cm³/mol. The summed E-state index contributed by atoms with van der Waals surface area (Å²) in [5, 5.41) is 239. The summed E-state index contributed by atoms with van der Waals surface area (Å²) < 4.78 is 82.7. The number of aliphatic hydroxyl groups is 20. The van der Waals surface area contributed by atoms with E-state index in [-0.39, 0.29) is 13.0 Å². The fourth-order valence-corrected chi connectivity index (χ4v) is 12.1. The van der Waals surface area contributed by atoms with E-state index in [1.165, 1.54) is 12.5 Å². The number of aliphatic hydroxyl groups excluding tert-OH is 20.